The molecule has 1 aliphatic rings. The fourth-order valence-electron chi connectivity index (χ4n) is 2.11. The number of aromatic amines is 1. The van der Waals surface area contributed by atoms with Gasteiger partial charge in [0.1, 0.15) is 11.3 Å². The number of rotatable bonds is 1. The third-order valence-corrected chi connectivity index (χ3v) is 3.21. The van der Waals surface area contributed by atoms with Crippen LogP contribution in [-0.4, -0.2) is 14.6 Å². The molecule has 2 aromatic heterocycles. The third kappa shape index (κ3) is 1.16. The number of H-pyrrole nitrogens is 1. The Morgan fingerprint density at radius 3 is 3.12 bits per heavy atom. The molecule has 5 nitrogen and oxygen atoms in total. The maximum Gasteiger partial charge on any atom is 0.275 e. The molecule has 1 aliphatic carbocycles. The molecule has 0 unspecified atom stereocenters. The van der Waals surface area contributed by atoms with Crippen LogP contribution in [0.2, 0.25) is 0 Å². The van der Waals surface area contributed by atoms with Crippen LogP contribution in [0.4, 0.5) is 0 Å². The molecule has 0 amide bonds. The lowest BCUT2D eigenvalue weighted by atomic mass is 9.74. The number of hydrogen-bond acceptors (Lipinski definition) is 3. The van der Waals surface area contributed by atoms with E-state index in [1.807, 2.05) is 0 Å². The number of aromatic nitrogens is 3. The zero-order valence-corrected chi connectivity index (χ0v) is 8.55. The molecule has 0 radical (unpaired) electrons. The van der Waals surface area contributed by atoms with Gasteiger partial charge in [-0.25, -0.2) is 4.52 Å². The van der Waals surface area contributed by atoms with Crippen LogP contribution in [0.15, 0.2) is 23.1 Å². The number of fused-ring (bicyclic) bond motifs is 1. The molecule has 1 fully saturated rings. The molecule has 0 bridgehead atoms. The third-order valence-electron chi connectivity index (χ3n) is 3.21. The van der Waals surface area contributed by atoms with Gasteiger partial charge in [-0.2, -0.15) is 10.4 Å². The molecular weight excluding hydrogens is 204 g/mol. The molecule has 2 atom stereocenters. The SMILES string of the molecule is N#C[C@@H]1CC[C@H]1c1nn2cccc2c(=O)[nH]1. The maximum atomic E-state index is 11.7. The van der Waals surface area contributed by atoms with Crippen molar-refractivity contribution in [1.82, 2.24) is 14.6 Å². The van der Waals surface area contributed by atoms with E-state index >= 15 is 0 Å². The number of nitriles is 1. The lowest BCUT2D eigenvalue weighted by molar-refractivity contribution is 0.308. The normalized spacial score (nSPS) is 23.9. The van der Waals surface area contributed by atoms with E-state index in [1.54, 1.807) is 22.8 Å². The largest absolute Gasteiger partial charge is 0.307 e. The lowest BCUT2D eigenvalue weighted by Crippen LogP contribution is -2.28. The van der Waals surface area contributed by atoms with Crippen molar-refractivity contribution >= 4 is 5.52 Å². The van der Waals surface area contributed by atoms with E-state index in [0.717, 1.165) is 12.8 Å². The first kappa shape index (κ1) is 9.16. The summed E-state index contributed by atoms with van der Waals surface area (Å²) in [5, 5.41) is 13.2. The second-order valence-electron chi connectivity index (χ2n) is 4.10. The van der Waals surface area contributed by atoms with Crippen molar-refractivity contribution in [2.75, 3.05) is 0 Å². The Kier molecular flexibility index (Phi) is 1.83. The predicted molar refractivity (Wildman–Crippen MR) is 56.9 cm³/mol. The van der Waals surface area contributed by atoms with Crippen LogP contribution in [0.25, 0.3) is 5.52 Å². The fourth-order valence-corrected chi connectivity index (χ4v) is 2.11. The van der Waals surface area contributed by atoms with Crippen LogP contribution in [0.1, 0.15) is 24.6 Å². The summed E-state index contributed by atoms with van der Waals surface area (Å²) in [5.74, 6) is 0.715. The van der Waals surface area contributed by atoms with Gasteiger partial charge in [-0.1, -0.05) is 0 Å². The van der Waals surface area contributed by atoms with Crippen molar-refractivity contribution in [3.8, 4) is 6.07 Å². The summed E-state index contributed by atoms with van der Waals surface area (Å²) < 4.78 is 1.57. The second kappa shape index (κ2) is 3.20. The zero-order valence-electron chi connectivity index (χ0n) is 8.55. The van der Waals surface area contributed by atoms with Gasteiger partial charge in [0, 0.05) is 12.1 Å². The van der Waals surface area contributed by atoms with Crippen LogP contribution in [0.3, 0.4) is 0 Å². The minimum absolute atomic E-state index is 0.00355. The first-order valence-corrected chi connectivity index (χ1v) is 5.27. The van der Waals surface area contributed by atoms with Gasteiger partial charge in [0.05, 0.1) is 12.0 Å². The van der Waals surface area contributed by atoms with E-state index in [4.69, 9.17) is 5.26 Å². The van der Waals surface area contributed by atoms with E-state index in [2.05, 4.69) is 16.2 Å². The van der Waals surface area contributed by atoms with Gasteiger partial charge < -0.3 is 4.98 Å². The van der Waals surface area contributed by atoms with Gasteiger partial charge in [0.2, 0.25) is 0 Å². The quantitative estimate of drug-likeness (QED) is 0.770. The molecular formula is C11H10N4O. The van der Waals surface area contributed by atoms with Crippen molar-refractivity contribution in [1.29, 1.82) is 5.26 Å². The smallest absolute Gasteiger partial charge is 0.275 e. The van der Waals surface area contributed by atoms with Crippen LogP contribution >= 0.6 is 0 Å². The van der Waals surface area contributed by atoms with Crippen molar-refractivity contribution in [2.24, 2.45) is 5.92 Å². The Labute approximate surface area is 91.3 Å². The molecule has 1 saturated carbocycles. The molecule has 3 rings (SSSR count). The van der Waals surface area contributed by atoms with Crippen LogP contribution in [0.5, 0.6) is 0 Å². The topological polar surface area (TPSA) is 74.0 Å². The summed E-state index contributed by atoms with van der Waals surface area (Å²) in [6.45, 7) is 0. The summed E-state index contributed by atoms with van der Waals surface area (Å²) in [4.78, 5) is 14.5. The summed E-state index contributed by atoms with van der Waals surface area (Å²) in [5.41, 5.74) is 0.398. The van der Waals surface area contributed by atoms with E-state index in [-0.39, 0.29) is 17.4 Å². The molecule has 5 heteroatoms. The van der Waals surface area contributed by atoms with Crippen molar-refractivity contribution in [3.63, 3.8) is 0 Å². The van der Waals surface area contributed by atoms with E-state index in [1.165, 1.54) is 0 Å². The van der Waals surface area contributed by atoms with Crippen LogP contribution in [-0.2, 0) is 0 Å². The van der Waals surface area contributed by atoms with E-state index in [0.29, 0.717) is 11.3 Å². The molecule has 0 aromatic carbocycles. The second-order valence-corrected chi connectivity index (χ2v) is 4.10. The molecule has 80 valence electrons. The average Bonchev–Trinajstić information content (AvgIpc) is 2.65. The summed E-state index contributed by atoms with van der Waals surface area (Å²) >= 11 is 0. The summed E-state index contributed by atoms with van der Waals surface area (Å²) in [6.07, 6.45) is 3.57. The highest BCUT2D eigenvalue weighted by atomic mass is 16.1. The standard InChI is InChI=1S/C11H10N4O/c12-6-7-3-4-8(7)10-13-11(16)9-2-1-5-15(9)14-10/h1-2,5,7-8H,3-4H2,(H,13,14,16)/t7-,8+/m0/s1. The lowest BCUT2D eigenvalue weighted by Gasteiger charge is -2.29. The molecule has 2 aromatic rings. The number of nitrogens with one attached hydrogen (secondary N) is 1. The Morgan fingerprint density at radius 1 is 1.56 bits per heavy atom. The van der Waals surface area contributed by atoms with Gasteiger partial charge in [-0.15, -0.1) is 0 Å². The van der Waals surface area contributed by atoms with E-state index < -0.39 is 0 Å². The van der Waals surface area contributed by atoms with Gasteiger partial charge in [-0.05, 0) is 25.0 Å². The highest BCUT2D eigenvalue weighted by Crippen LogP contribution is 2.39. The number of nitrogens with zero attached hydrogens (tertiary/aromatic N) is 3. The molecule has 0 spiro atoms. The van der Waals surface area contributed by atoms with Crippen molar-refractivity contribution < 1.29 is 0 Å². The first-order chi connectivity index (χ1) is 7.79. The van der Waals surface area contributed by atoms with Gasteiger partial charge in [0.25, 0.3) is 5.56 Å². The monoisotopic (exact) mass is 214 g/mol. The first-order valence-electron chi connectivity index (χ1n) is 5.27. The molecule has 2 heterocycles. The number of hydrogen-bond donors (Lipinski definition) is 1. The van der Waals surface area contributed by atoms with Crippen LogP contribution < -0.4 is 5.56 Å². The Balaban J connectivity index is 2.12. The van der Waals surface area contributed by atoms with Crippen molar-refractivity contribution in [3.05, 3.63) is 34.5 Å². The molecule has 0 saturated heterocycles. The van der Waals surface area contributed by atoms with E-state index in [9.17, 15) is 4.79 Å². The minimum atomic E-state index is -0.140. The Morgan fingerprint density at radius 2 is 2.44 bits per heavy atom. The molecule has 0 aliphatic heterocycles. The fraction of sp³-hybridized carbons (Fsp3) is 0.364. The molecule has 1 N–H and O–H groups in total. The highest BCUT2D eigenvalue weighted by molar-refractivity contribution is 5.43. The minimum Gasteiger partial charge on any atom is -0.307 e. The Hall–Kier alpha value is -2.09. The predicted octanol–water partition coefficient (Wildman–Crippen LogP) is 1.04. The highest BCUT2D eigenvalue weighted by Gasteiger charge is 2.34. The van der Waals surface area contributed by atoms with Gasteiger partial charge >= 0.3 is 0 Å². The van der Waals surface area contributed by atoms with Gasteiger partial charge in [0.15, 0.2) is 0 Å². The Bertz CT molecular complexity index is 633. The van der Waals surface area contributed by atoms with Crippen molar-refractivity contribution in [2.45, 2.75) is 18.8 Å². The van der Waals surface area contributed by atoms with Crippen LogP contribution in [0, 0.1) is 17.2 Å². The summed E-state index contributed by atoms with van der Waals surface area (Å²) in [7, 11) is 0. The average molecular weight is 214 g/mol. The summed E-state index contributed by atoms with van der Waals surface area (Å²) in [6, 6.07) is 5.74. The zero-order chi connectivity index (χ0) is 11.1. The maximum absolute atomic E-state index is 11.7. The van der Waals surface area contributed by atoms with Gasteiger partial charge in [-0.3, -0.25) is 4.79 Å². The molecule has 16 heavy (non-hydrogen) atoms.